The second-order valence-electron chi connectivity index (χ2n) is 2.91. The van der Waals surface area contributed by atoms with E-state index in [1.165, 1.54) is 6.20 Å². The van der Waals surface area contributed by atoms with E-state index in [0.29, 0.717) is 16.5 Å². The Labute approximate surface area is 79.0 Å². The van der Waals surface area contributed by atoms with Gasteiger partial charge in [-0.3, -0.25) is 4.98 Å². The van der Waals surface area contributed by atoms with Gasteiger partial charge in [0.15, 0.2) is 6.10 Å². The number of aliphatic hydroxyl groups is 1. The Morgan fingerprint density at radius 3 is 3.07 bits per heavy atom. The van der Waals surface area contributed by atoms with Gasteiger partial charge >= 0.3 is 5.97 Å². The van der Waals surface area contributed by atoms with Gasteiger partial charge in [-0.1, -0.05) is 0 Å². The zero-order valence-corrected chi connectivity index (χ0v) is 7.14. The number of nitrogens with one attached hydrogen (secondary N) is 1. The van der Waals surface area contributed by atoms with E-state index >= 15 is 0 Å². The number of carbonyl (C=O) groups is 1. The lowest BCUT2D eigenvalue weighted by molar-refractivity contribution is -0.146. The summed E-state index contributed by atoms with van der Waals surface area (Å²) in [7, 11) is 0. The Kier molecular flexibility index (Phi) is 1.94. The fraction of sp³-hybridized carbons (Fsp3) is 0.111. The van der Waals surface area contributed by atoms with Crippen LogP contribution in [-0.4, -0.2) is 26.2 Å². The van der Waals surface area contributed by atoms with Crippen LogP contribution in [0.2, 0.25) is 0 Å². The standard InChI is InChI=1S/C9H8N2O3/c12-8(9(13)14)6-3-11-7-4-10-2-1-5(6)7/h1-4,8,11-12H,(H,13,14). The van der Waals surface area contributed by atoms with Gasteiger partial charge in [-0.25, -0.2) is 4.79 Å². The zero-order valence-electron chi connectivity index (χ0n) is 7.14. The number of fused-ring (bicyclic) bond motifs is 1. The Morgan fingerprint density at radius 1 is 1.57 bits per heavy atom. The van der Waals surface area contributed by atoms with Crippen molar-refractivity contribution >= 4 is 16.9 Å². The smallest absolute Gasteiger partial charge is 0.337 e. The molecule has 0 aliphatic rings. The molecule has 0 aliphatic heterocycles. The van der Waals surface area contributed by atoms with Crippen LogP contribution in [0.15, 0.2) is 24.7 Å². The van der Waals surface area contributed by atoms with Crippen LogP contribution in [0.1, 0.15) is 11.7 Å². The lowest BCUT2D eigenvalue weighted by Gasteiger charge is -2.02. The molecule has 3 N–H and O–H groups in total. The van der Waals surface area contributed by atoms with Gasteiger partial charge in [0.05, 0.1) is 11.7 Å². The van der Waals surface area contributed by atoms with Gasteiger partial charge in [0.1, 0.15) is 0 Å². The van der Waals surface area contributed by atoms with Crippen LogP contribution in [0, 0.1) is 0 Å². The molecule has 2 aromatic heterocycles. The molecule has 0 amide bonds. The number of aliphatic hydroxyl groups excluding tert-OH is 1. The first-order valence-corrected chi connectivity index (χ1v) is 4.02. The molecular formula is C9H8N2O3. The number of carboxylic acids is 1. The number of aromatic amines is 1. The predicted molar refractivity (Wildman–Crippen MR) is 48.7 cm³/mol. The average molecular weight is 192 g/mol. The van der Waals surface area contributed by atoms with E-state index in [0.717, 1.165) is 0 Å². The molecule has 0 radical (unpaired) electrons. The molecule has 14 heavy (non-hydrogen) atoms. The van der Waals surface area contributed by atoms with Crippen LogP contribution in [0.3, 0.4) is 0 Å². The number of carboxylic acid groups (broad SMARTS) is 1. The minimum atomic E-state index is -1.49. The molecule has 0 fully saturated rings. The maximum Gasteiger partial charge on any atom is 0.337 e. The molecule has 2 rings (SSSR count). The summed E-state index contributed by atoms with van der Waals surface area (Å²) < 4.78 is 0. The highest BCUT2D eigenvalue weighted by atomic mass is 16.4. The monoisotopic (exact) mass is 192 g/mol. The minimum absolute atomic E-state index is 0.356. The number of hydrogen-bond donors (Lipinski definition) is 3. The van der Waals surface area contributed by atoms with Gasteiger partial charge in [-0.15, -0.1) is 0 Å². The Bertz CT molecular complexity index is 478. The van der Waals surface area contributed by atoms with Crippen molar-refractivity contribution < 1.29 is 15.0 Å². The number of aliphatic carboxylic acids is 1. The normalized spacial score (nSPS) is 12.9. The first-order valence-electron chi connectivity index (χ1n) is 4.02. The van der Waals surface area contributed by atoms with Crippen molar-refractivity contribution in [2.45, 2.75) is 6.10 Å². The van der Waals surface area contributed by atoms with Gasteiger partial charge < -0.3 is 15.2 Å². The summed E-state index contributed by atoms with van der Waals surface area (Å²) in [5.74, 6) is -1.26. The van der Waals surface area contributed by atoms with Crippen molar-refractivity contribution in [1.82, 2.24) is 9.97 Å². The van der Waals surface area contributed by atoms with E-state index in [1.807, 2.05) is 0 Å². The Balaban J connectivity index is 2.58. The first kappa shape index (κ1) is 8.71. The molecule has 1 atom stereocenters. The van der Waals surface area contributed by atoms with Gasteiger partial charge in [0.2, 0.25) is 0 Å². The van der Waals surface area contributed by atoms with Crippen molar-refractivity contribution in [3.63, 3.8) is 0 Å². The van der Waals surface area contributed by atoms with Crippen molar-refractivity contribution in [1.29, 1.82) is 0 Å². The molecule has 0 spiro atoms. The Morgan fingerprint density at radius 2 is 2.36 bits per heavy atom. The zero-order chi connectivity index (χ0) is 10.1. The lowest BCUT2D eigenvalue weighted by Crippen LogP contribution is -2.09. The summed E-state index contributed by atoms with van der Waals surface area (Å²) in [6.45, 7) is 0. The number of pyridine rings is 1. The number of hydrogen-bond acceptors (Lipinski definition) is 3. The summed E-state index contributed by atoms with van der Waals surface area (Å²) in [4.78, 5) is 17.3. The summed E-state index contributed by atoms with van der Waals surface area (Å²) >= 11 is 0. The van der Waals surface area contributed by atoms with Crippen molar-refractivity contribution in [3.8, 4) is 0 Å². The SMILES string of the molecule is O=C(O)C(O)c1c[nH]c2cnccc12. The van der Waals surface area contributed by atoms with E-state index in [-0.39, 0.29) is 0 Å². The molecule has 1 unspecified atom stereocenters. The van der Waals surface area contributed by atoms with Crippen LogP contribution >= 0.6 is 0 Å². The summed E-state index contributed by atoms with van der Waals surface area (Å²) in [6, 6.07) is 1.66. The minimum Gasteiger partial charge on any atom is -0.479 e. The second-order valence-corrected chi connectivity index (χ2v) is 2.91. The average Bonchev–Trinajstić information content (AvgIpc) is 2.60. The topological polar surface area (TPSA) is 86.2 Å². The summed E-state index contributed by atoms with van der Waals surface area (Å²) in [6.07, 6.45) is 3.11. The highest BCUT2D eigenvalue weighted by Gasteiger charge is 2.19. The van der Waals surface area contributed by atoms with Gasteiger partial charge in [-0.2, -0.15) is 0 Å². The van der Waals surface area contributed by atoms with Crippen LogP contribution in [0.4, 0.5) is 0 Å². The number of rotatable bonds is 2. The maximum absolute atomic E-state index is 10.6. The van der Waals surface area contributed by atoms with Crippen molar-refractivity contribution in [2.75, 3.05) is 0 Å². The molecule has 2 heterocycles. The third-order valence-electron chi connectivity index (χ3n) is 2.04. The second kappa shape index (κ2) is 3.12. The molecule has 0 saturated heterocycles. The molecule has 5 nitrogen and oxygen atoms in total. The molecule has 0 saturated carbocycles. The summed E-state index contributed by atoms with van der Waals surface area (Å²) in [5, 5.41) is 18.7. The summed E-state index contributed by atoms with van der Waals surface area (Å²) in [5.41, 5.74) is 1.07. The van der Waals surface area contributed by atoms with Gasteiger partial charge in [0, 0.05) is 23.3 Å². The van der Waals surface area contributed by atoms with Crippen LogP contribution < -0.4 is 0 Å². The van der Waals surface area contributed by atoms with Crippen molar-refractivity contribution in [3.05, 3.63) is 30.2 Å². The van der Waals surface area contributed by atoms with E-state index in [4.69, 9.17) is 5.11 Å². The molecule has 72 valence electrons. The van der Waals surface area contributed by atoms with Crippen molar-refractivity contribution in [2.24, 2.45) is 0 Å². The van der Waals surface area contributed by atoms with Gasteiger partial charge in [-0.05, 0) is 6.07 Å². The van der Waals surface area contributed by atoms with E-state index < -0.39 is 12.1 Å². The third kappa shape index (κ3) is 1.23. The highest BCUT2D eigenvalue weighted by Crippen LogP contribution is 2.23. The molecule has 5 heteroatoms. The van der Waals surface area contributed by atoms with E-state index in [2.05, 4.69) is 9.97 Å². The Hall–Kier alpha value is -1.88. The maximum atomic E-state index is 10.6. The van der Waals surface area contributed by atoms with E-state index in [1.54, 1.807) is 18.5 Å². The fourth-order valence-electron chi connectivity index (χ4n) is 1.35. The largest absolute Gasteiger partial charge is 0.479 e. The highest BCUT2D eigenvalue weighted by molar-refractivity contribution is 5.87. The molecule has 0 bridgehead atoms. The number of H-pyrrole nitrogens is 1. The van der Waals surface area contributed by atoms with Gasteiger partial charge in [0.25, 0.3) is 0 Å². The molecule has 2 aromatic rings. The third-order valence-corrected chi connectivity index (χ3v) is 2.04. The molecule has 0 aromatic carbocycles. The molecular weight excluding hydrogens is 184 g/mol. The lowest BCUT2D eigenvalue weighted by atomic mass is 10.1. The van der Waals surface area contributed by atoms with Crippen LogP contribution in [0.25, 0.3) is 10.9 Å². The molecule has 0 aliphatic carbocycles. The number of aromatic nitrogens is 2. The fourth-order valence-corrected chi connectivity index (χ4v) is 1.35. The number of nitrogens with zero attached hydrogens (tertiary/aromatic N) is 1. The van der Waals surface area contributed by atoms with Crippen LogP contribution in [-0.2, 0) is 4.79 Å². The first-order chi connectivity index (χ1) is 6.70. The van der Waals surface area contributed by atoms with Crippen LogP contribution in [0.5, 0.6) is 0 Å². The van der Waals surface area contributed by atoms with E-state index in [9.17, 15) is 9.90 Å². The quantitative estimate of drug-likeness (QED) is 0.653. The predicted octanol–water partition coefficient (Wildman–Crippen LogP) is 0.681.